The van der Waals surface area contributed by atoms with Gasteiger partial charge in [-0.1, -0.05) is 0 Å². The number of amides is 1. The summed E-state index contributed by atoms with van der Waals surface area (Å²) in [7, 11) is 3.88. The Morgan fingerprint density at radius 3 is 2.58 bits per heavy atom. The van der Waals surface area contributed by atoms with Gasteiger partial charge in [0, 0.05) is 18.2 Å². The molecule has 2 atom stereocenters. The first kappa shape index (κ1) is 18.4. The van der Waals surface area contributed by atoms with Crippen molar-refractivity contribution >= 4 is 11.6 Å². The predicted molar refractivity (Wildman–Crippen MR) is 89.9 cm³/mol. The first-order valence-electron chi connectivity index (χ1n) is 8.13. The maximum absolute atomic E-state index is 13.0. The zero-order valence-corrected chi connectivity index (χ0v) is 14.7. The lowest BCUT2D eigenvalue weighted by atomic mass is 10.0. The van der Waals surface area contributed by atoms with Gasteiger partial charge in [0.15, 0.2) is 0 Å². The highest BCUT2D eigenvalue weighted by molar-refractivity contribution is 5.93. The quantitative estimate of drug-likeness (QED) is 0.606. The van der Waals surface area contributed by atoms with Gasteiger partial charge < -0.3 is 19.9 Å². The molecule has 0 aliphatic heterocycles. The summed E-state index contributed by atoms with van der Waals surface area (Å²) in [5.41, 5.74) is -0.260. The monoisotopic (exact) mass is 338 g/mol. The summed E-state index contributed by atoms with van der Waals surface area (Å²) >= 11 is 0. The number of likely N-dealkylation sites (N-methyl/N-ethyl adjacent to an activating group) is 1. The van der Waals surface area contributed by atoms with Crippen LogP contribution >= 0.6 is 0 Å². The molecule has 0 saturated heterocycles. The number of aromatic nitrogens is 1. The van der Waals surface area contributed by atoms with Gasteiger partial charge in [-0.3, -0.25) is 14.9 Å². The van der Waals surface area contributed by atoms with Crippen LogP contribution in [0.15, 0.2) is 12.3 Å². The molecular weight excluding hydrogens is 312 g/mol. The average molecular weight is 338 g/mol. The van der Waals surface area contributed by atoms with Crippen molar-refractivity contribution in [1.29, 1.82) is 0 Å². The van der Waals surface area contributed by atoms with Crippen LogP contribution < -0.4 is 0 Å². The van der Waals surface area contributed by atoms with Gasteiger partial charge in [-0.25, -0.2) is 0 Å². The molecule has 1 aliphatic carbocycles. The van der Waals surface area contributed by atoms with E-state index in [0.29, 0.717) is 13.0 Å². The van der Waals surface area contributed by atoms with Crippen molar-refractivity contribution in [2.75, 3.05) is 20.6 Å². The third kappa shape index (κ3) is 3.76. The van der Waals surface area contributed by atoms with Crippen molar-refractivity contribution in [3.05, 3.63) is 28.1 Å². The molecule has 1 saturated carbocycles. The standard InChI is InChI=1S/C16H26N4O4/c1-16(2,18(3)4)10-19(13-6-5-7-14(13)21)15(22)12-8-11(9-17-12)20(23)24/h8-9,13-14,17,21H,5-7,10H2,1-4H3/t13-,14-/m1/s1. The van der Waals surface area contributed by atoms with E-state index in [0.717, 1.165) is 12.8 Å². The Morgan fingerprint density at radius 2 is 2.12 bits per heavy atom. The number of aliphatic hydroxyl groups excluding tert-OH is 1. The second-order valence-electron chi connectivity index (χ2n) is 7.23. The van der Waals surface area contributed by atoms with Crippen molar-refractivity contribution in [3.8, 4) is 0 Å². The van der Waals surface area contributed by atoms with Crippen molar-refractivity contribution < 1.29 is 14.8 Å². The summed E-state index contributed by atoms with van der Waals surface area (Å²) in [5.74, 6) is -0.316. The Morgan fingerprint density at radius 1 is 1.46 bits per heavy atom. The van der Waals surface area contributed by atoms with Crippen molar-refractivity contribution in [2.24, 2.45) is 0 Å². The molecule has 0 spiro atoms. The molecule has 134 valence electrons. The molecule has 0 aromatic carbocycles. The SMILES string of the molecule is CN(C)C(C)(C)CN(C(=O)c1cc([N+](=O)[O-])c[nH]1)[C@@H]1CCC[C@H]1O. The minimum atomic E-state index is -0.558. The summed E-state index contributed by atoms with van der Waals surface area (Å²) in [6.07, 6.45) is 2.93. The summed E-state index contributed by atoms with van der Waals surface area (Å²) in [5, 5.41) is 21.1. The number of carbonyl (C=O) groups is 1. The Bertz CT molecular complexity index is 611. The van der Waals surface area contributed by atoms with Crippen molar-refractivity contribution in [3.63, 3.8) is 0 Å². The third-order valence-corrected chi connectivity index (χ3v) is 4.98. The number of nitrogens with one attached hydrogen (secondary N) is 1. The number of nitro groups is 1. The number of nitrogens with zero attached hydrogens (tertiary/aromatic N) is 3. The highest BCUT2D eigenvalue weighted by Gasteiger charge is 2.38. The molecule has 0 unspecified atom stereocenters. The molecule has 8 heteroatoms. The van der Waals surface area contributed by atoms with E-state index in [9.17, 15) is 20.0 Å². The van der Waals surface area contributed by atoms with E-state index >= 15 is 0 Å². The number of hydrogen-bond acceptors (Lipinski definition) is 5. The van der Waals surface area contributed by atoms with Gasteiger partial charge >= 0.3 is 0 Å². The van der Waals surface area contributed by atoms with Gasteiger partial charge in [0.25, 0.3) is 11.6 Å². The summed E-state index contributed by atoms with van der Waals surface area (Å²) < 4.78 is 0. The van der Waals surface area contributed by atoms with Crippen LogP contribution in [-0.4, -0.2) is 69.0 Å². The third-order valence-electron chi connectivity index (χ3n) is 4.98. The molecule has 1 amide bonds. The van der Waals surface area contributed by atoms with Crippen LogP contribution in [0.5, 0.6) is 0 Å². The zero-order valence-electron chi connectivity index (χ0n) is 14.7. The van der Waals surface area contributed by atoms with Crippen LogP contribution in [0.2, 0.25) is 0 Å². The van der Waals surface area contributed by atoms with E-state index in [2.05, 4.69) is 4.98 Å². The van der Waals surface area contributed by atoms with E-state index in [-0.39, 0.29) is 28.9 Å². The zero-order chi connectivity index (χ0) is 18.1. The molecular formula is C16H26N4O4. The first-order chi connectivity index (χ1) is 11.1. The van der Waals surface area contributed by atoms with Crippen LogP contribution in [-0.2, 0) is 0 Å². The number of aliphatic hydroxyl groups is 1. The second kappa shape index (κ2) is 6.90. The Hall–Kier alpha value is -1.93. The molecule has 0 bridgehead atoms. The van der Waals surface area contributed by atoms with E-state index in [4.69, 9.17) is 0 Å². The molecule has 0 radical (unpaired) electrons. The van der Waals surface area contributed by atoms with Gasteiger partial charge in [0.1, 0.15) is 5.69 Å². The van der Waals surface area contributed by atoms with Gasteiger partial charge in [-0.2, -0.15) is 0 Å². The summed E-state index contributed by atoms with van der Waals surface area (Å²) in [4.78, 5) is 29.6. The topological polar surface area (TPSA) is 103 Å². The lowest BCUT2D eigenvalue weighted by Crippen LogP contribution is -2.55. The van der Waals surface area contributed by atoms with Crippen LogP contribution in [0.3, 0.4) is 0 Å². The predicted octanol–water partition coefficient (Wildman–Crippen LogP) is 1.62. The fraction of sp³-hybridized carbons (Fsp3) is 0.688. The summed E-state index contributed by atoms with van der Waals surface area (Å²) in [6.45, 7) is 4.46. The minimum Gasteiger partial charge on any atom is -0.391 e. The van der Waals surface area contributed by atoms with E-state index in [1.165, 1.54) is 12.3 Å². The normalized spacial score (nSPS) is 21.2. The highest BCUT2D eigenvalue weighted by atomic mass is 16.6. The number of hydrogen-bond donors (Lipinski definition) is 2. The Labute approximate surface area is 141 Å². The summed E-state index contributed by atoms with van der Waals surface area (Å²) in [6, 6.07) is 0.985. The smallest absolute Gasteiger partial charge is 0.287 e. The average Bonchev–Trinajstić information content (AvgIpc) is 3.13. The fourth-order valence-electron chi connectivity index (χ4n) is 2.95. The first-order valence-corrected chi connectivity index (χ1v) is 8.13. The second-order valence-corrected chi connectivity index (χ2v) is 7.23. The molecule has 1 aliphatic rings. The van der Waals surface area contributed by atoms with Crippen LogP contribution in [0.1, 0.15) is 43.6 Å². The fourth-order valence-corrected chi connectivity index (χ4v) is 2.95. The maximum atomic E-state index is 13.0. The van der Waals surface area contributed by atoms with E-state index in [1.807, 2.05) is 32.8 Å². The molecule has 1 fully saturated rings. The Balaban J connectivity index is 2.30. The maximum Gasteiger partial charge on any atom is 0.287 e. The largest absolute Gasteiger partial charge is 0.391 e. The van der Waals surface area contributed by atoms with Gasteiger partial charge in [0.2, 0.25) is 0 Å². The number of H-pyrrole nitrogens is 1. The number of rotatable bonds is 6. The van der Waals surface area contributed by atoms with Crippen LogP contribution in [0, 0.1) is 10.1 Å². The van der Waals surface area contributed by atoms with E-state index in [1.54, 1.807) is 4.90 Å². The molecule has 2 rings (SSSR count). The minimum absolute atomic E-state index is 0.142. The van der Waals surface area contributed by atoms with Gasteiger partial charge in [-0.05, 0) is 47.2 Å². The Kier molecular flexibility index (Phi) is 5.29. The lowest BCUT2D eigenvalue weighted by molar-refractivity contribution is -0.384. The molecule has 1 heterocycles. The van der Waals surface area contributed by atoms with E-state index < -0.39 is 11.0 Å². The number of aromatic amines is 1. The lowest BCUT2D eigenvalue weighted by Gasteiger charge is -2.41. The molecule has 1 aromatic rings. The highest BCUT2D eigenvalue weighted by Crippen LogP contribution is 2.28. The molecule has 8 nitrogen and oxygen atoms in total. The van der Waals surface area contributed by atoms with Gasteiger partial charge in [0.05, 0.1) is 23.3 Å². The van der Waals surface area contributed by atoms with Crippen LogP contribution in [0.25, 0.3) is 0 Å². The van der Waals surface area contributed by atoms with Crippen LogP contribution in [0.4, 0.5) is 5.69 Å². The van der Waals surface area contributed by atoms with Crippen molar-refractivity contribution in [2.45, 2.75) is 50.8 Å². The van der Waals surface area contributed by atoms with Gasteiger partial charge in [-0.15, -0.1) is 0 Å². The molecule has 2 N–H and O–H groups in total. The molecule has 24 heavy (non-hydrogen) atoms. The molecule has 1 aromatic heterocycles. The number of carbonyl (C=O) groups excluding carboxylic acids is 1. The van der Waals surface area contributed by atoms with Crippen molar-refractivity contribution in [1.82, 2.24) is 14.8 Å².